The number of hydrogen-bond donors (Lipinski definition) is 25. The number of nitrogens with one attached hydrogen (secondary N) is 10. The molecule has 802 valence electrons. The number of carbonyl (C=O) groups excluding carboxylic acids is 7. The molecule has 2 saturated heterocycles. The molecule has 15 rings (SSSR count). The van der Waals surface area contributed by atoms with E-state index in [9.17, 15) is 109 Å². The number of halogens is 2. The lowest BCUT2D eigenvalue weighted by atomic mass is 9.85. The molecule has 18 atom stereocenters. The largest absolute Gasteiger partial charge is 0.507 e. The van der Waals surface area contributed by atoms with Crippen molar-refractivity contribution in [2.24, 2.45) is 11.7 Å². The molecule has 0 saturated carbocycles. The Kier molecular flexibility index (Phi) is 38.4. The number of hydrogen-bond acceptors (Lipinski definition) is 33. The Labute approximate surface area is 856 Å². The van der Waals surface area contributed by atoms with Crippen LogP contribution in [-0.2, 0) is 76.6 Å². The van der Waals surface area contributed by atoms with Crippen LogP contribution in [0.3, 0.4) is 0 Å². The number of unbranched alkanes of at least 4 members (excludes halogenated alkanes) is 7. The molecule has 8 aromatic rings. The zero-order valence-electron chi connectivity index (χ0n) is 81.8. The smallest absolute Gasteiger partial charge is 0.371 e. The molecule has 9 heterocycles. The van der Waals surface area contributed by atoms with E-state index in [1.165, 1.54) is 61.9 Å². The Balaban J connectivity index is 0.000000618. The number of aliphatic hydroxyl groups is 6. The summed E-state index contributed by atoms with van der Waals surface area (Å²) >= 11 is 14.3. The van der Waals surface area contributed by atoms with E-state index in [1.807, 2.05) is 20.8 Å². The molecule has 7 amide bonds. The third kappa shape index (κ3) is 26.6. The predicted molar refractivity (Wildman–Crippen MR) is 530 cm³/mol. The van der Waals surface area contributed by atoms with Gasteiger partial charge in [0, 0.05) is 77.9 Å². The fourth-order valence-corrected chi connectivity index (χ4v) is 19.4. The number of aromatic hydroxyl groups is 3. The van der Waals surface area contributed by atoms with Gasteiger partial charge in [0.1, 0.15) is 101 Å². The van der Waals surface area contributed by atoms with Gasteiger partial charge in [0.25, 0.3) is 0 Å². The van der Waals surface area contributed by atoms with Gasteiger partial charge in [-0.25, -0.2) is 14.4 Å². The molecule has 49 heteroatoms. The third-order valence-electron chi connectivity index (χ3n) is 26.1. The highest BCUT2D eigenvalue weighted by molar-refractivity contribution is 7.51. The normalized spacial score (nSPS) is 23.9. The maximum absolute atomic E-state index is 16.3. The number of aromatic nitrogens is 1. The topological polar surface area (TPSA) is 725 Å². The van der Waals surface area contributed by atoms with E-state index in [0.29, 0.717) is 37.0 Å². The van der Waals surface area contributed by atoms with E-state index >= 15 is 24.0 Å². The number of aromatic carboxylic acids is 2. The number of rotatable bonds is 35. The molecule has 2 aromatic heterocycles. The second kappa shape index (κ2) is 49.7. The molecule has 0 spiro atoms. The summed E-state index contributed by atoms with van der Waals surface area (Å²) in [6.45, 7) is 12.9. The van der Waals surface area contributed by atoms with Gasteiger partial charge in [-0.1, -0.05) is 120 Å². The number of ether oxygens (including phenoxy) is 6. The summed E-state index contributed by atoms with van der Waals surface area (Å²) in [5, 5.41) is 163. The van der Waals surface area contributed by atoms with Crippen molar-refractivity contribution in [3.63, 3.8) is 0 Å². The number of carbonyl (C=O) groups is 10. The van der Waals surface area contributed by atoms with Crippen LogP contribution in [0.5, 0.6) is 46.0 Å². The Morgan fingerprint density at radius 1 is 0.649 bits per heavy atom. The van der Waals surface area contributed by atoms with Crippen molar-refractivity contribution in [3.05, 3.63) is 172 Å². The number of amides is 7. The van der Waals surface area contributed by atoms with E-state index in [2.05, 4.69) is 60.1 Å². The summed E-state index contributed by atoms with van der Waals surface area (Å²) in [7, 11) is -3.38. The number of carboxylic acids is 3. The van der Waals surface area contributed by atoms with Crippen molar-refractivity contribution in [1.29, 1.82) is 0 Å². The number of pyridine rings is 1. The molecule has 2 fully saturated rings. The molecule has 46 nitrogen and oxygen atoms in total. The highest BCUT2D eigenvalue weighted by Crippen LogP contribution is 2.52. The third-order valence-corrected chi connectivity index (χ3v) is 27.3. The summed E-state index contributed by atoms with van der Waals surface area (Å²) in [5.74, 6) is -20.2. The van der Waals surface area contributed by atoms with Gasteiger partial charge in [-0.05, 0) is 142 Å². The Hall–Kier alpha value is -12.6. The molecule has 11 bridgehead atoms. The number of aryl methyl sites for hydroxylation is 2. The molecule has 6 aromatic carbocycles. The maximum atomic E-state index is 16.3. The fourth-order valence-electron chi connectivity index (χ4n) is 18.5. The molecule has 26 N–H and O–H groups in total. The van der Waals surface area contributed by atoms with Crippen molar-refractivity contribution in [3.8, 4) is 57.1 Å². The van der Waals surface area contributed by atoms with E-state index in [0.717, 1.165) is 98.6 Å². The molecular weight excluding hydrogens is 2000 g/mol. The van der Waals surface area contributed by atoms with E-state index in [1.54, 1.807) is 20.8 Å². The number of carboxylic acid groups (broad SMARTS) is 3. The van der Waals surface area contributed by atoms with Gasteiger partial charge in [0.05, 0.1) is 64.1 Å². The van der Waals surface area contributed by atoms with Crippen LogP contribution in [0.25, 0.3) is 33.0 Å². The van der Waals surface area contributed by atoms with Gasteiger partial charge in [-0.3, -0.25) is 47.7 Å². The number of nitrogens with two attached hydrogens (primary N) is 1. The van der Waals surface area contributed by atoms with Crippen molar-refractivity contribution in [1.82, 2.24) is 57.7 Å². The summed E-state index contributed by atoms with van der Waals surface area (Å²) < 4.78 is 58.4. The summed E-state index contributed by atoms with van der Waals surface area (Å²) in [4.78, 5) is 186. The van der Waals surface area contributed by atoms with Crippen LogP contribution in [-0.4, -0.2) is 253 Å². The average Bonchev–Trinajstić information content (AvgIpc) is 0.724. The first-order chi connectivity index (χ1) is 70.1. The Morgan fingerprint density at radius 3 is 1.86 bits per heavy atom. The number of aliphatic carboxylic acids is 1. The predicted octanol–water partition coefficient (Wildman–Crippen LogP) is 5.17. The van der Waals surface area contributed by atoms with Crippen LogP contribution < -0.4 is 84.0 Å². The molecule has 7 aliphatic rings. The quantitative estimate of drug-likeness (QED) is 0.0138. The standard InChI is InChI=1S/C80H106Cl2N11O27P.C19H17NO7/c1-7-8-9-10-11-12-13-14-21-85-22-23-87-80(5)32-57(115-37(4)71(80)103)119-70-68(102)67(101)55(34-94)118-79(70)120-69-53-28-41-29-54(69)117-52-20-17-40(27-46(52)82)65(99)63-77(109)91-61(78(110)111)43-30-50(96)44(33-86-35-121(112,113)114)66(100)58(43)42-25-38(15-18-49(42)95)59(74(106)93-63)90-75(107)60(41)89-73(105)48(31-56(83)97)88-76(108)62(92-72(104)47(84-6)24-36(2)3)64(98)39-16-19-51(116-53)45(81)26-39;1-3-5-9-16-10(13(21)7-12(18(23)24)20(16)4-2)6-11-14(22)8-15(19(25)26)27-17(9)11/h15-20,25-30,36-37,47-48,55,57,59-65,67-68,70-71,79,84-87,94-96,98-103H,7-14,21-24,31-35H2,1-6H3,(H2,83,97)(H,88,108)(H,89,105)(H,90,107)(H,91,109)(H,92,104)(H,93,106)(H,110,111)(H2,112,113,114);6-8H,3-5H2,1-2H3,(H,23,24)(H,25,26)/t37-,47+,48-,55+,57-,59+,60+,61-,62+,63-,64+,65+,67+,68-,70+,71+,79-,80-;/m0./s1. The minimum absolute atomic E-state index is 0.0680. The van der Waals surface area contributed by atoms with Gasteiger partial charge in [-0.2, -0.15) is 0 Å². The van der Waals surface area contributed by atoms with E-state index < -0.39 is 297 Å². The minimum atomic E-state index is -4.85. The van der Waals surface area contributed by atoms with Crippen LogP contribution >= 0.6 is 30.8 Å². The summed E-state index contributed by atoms with van der Waals surface area (Å²) in [6.07, 6.45) is -9.57. The van der Waals surface area contributed by atoms with Crippen LogP contribution in [0.1, 0.15) is 216 Å². The molecule has 0 unspecified atom stereocenters. The van der Waals surface area contributed by atoms with Gasteiger partial charge in [0.2, 0.25) is 59.2 Å². The van der Waals surface area contributed by atoms with Gasteiger partial charge in [-0.15, -0.1) is 0 Å². The number of nitrogens with zero attached hydrogens (tertiary/aromatic N) is 1. The van der Waals surface area contributed by atoms with Crippen molar-refractivity contribution < 1.29 is 156 Å². The SMILES string of the molecule is CCCCCCCCCCNCCN[C@@]1(C)C[C@H](O[C@H]2[C@H](Oc3c4cc5cc3Oc3ccc(cc3Cl)[C@@H](O)[C@@H](NC(=O)[C@@H](CC(C)C)NC)C(=O)N[C@@H](CC(N)=O)C(=O)N[C@H]5C(=O)N[C@H]3C(=O)N[C@H](C(=O)N[C@H](C(=O)O)c5cc(O)c(CNCP(=O)(O)O)c(O)c5-c5cc3ccc5O)[C@H](O)c3ccc(c(Cl)c3)O4)O[C@H](CO)[C@@H](O)[C@@H]2O)O[C@@H](C)[C@H]1O.CCCc1c2oc(C(=O)O)cc(=O)c2cc2c(=O)cc(C(=O)O)n(CC)c12. The highest BCUT2D eigenvalue weighted by atomic mass is 35.5. The highest BCUT2D eigenvalue weighted by Gasteiger charge is 2.53. The lowest BCUT2D eigenvalue weighted by Crippen LogP contribution is -2.65. The number of fused-ring (bicyclic) bond motifs is 17. The van der Waals surface area contributed by atoms with Crippen LogP contribution in [0.4, 0.5) is 0 Å². The lowest BCUT2D eigenvalue weighted by Gasteiger charge is -2.48. The molecular formula is C99H123Cl2N12O34P. The average molecular weight is 2130 g/mol. The van der Waals surface area contributed by atoms with Crippen molar-refractivity contribution in [2.45, 2.75) is 254 Å². The molecule has 0 radical (unpaired) electrons. The number of aliphatic hydroxyl groups excluding tert-OH is 6. The first-order valence-electron chi connectivity index (χ1n) is 48.2. The molecule has 7 aliphatic heterocycles. The number of phenols is 3. The summed E-state index contributed by atoms with van der Waals surface area (Å²) in [5.41, 5.74) is 0.145. The monoisotopic (exact) mass is 2120 g/mol. The molecule has 0 aliphatic carbocycles. The number of phenolic OH excluding ortho intramolecular Hbond substituents is 3. The summed E-state index contributed by atoms with van der Waals surface area (Å²) in [6, 6.07) is 0.864. The zero-order chi connectivity index (χ0) is 108. The van der Waals surface area contributed by atoms with Gasteiger partial charge >= 0.3 is 25.5 Å². The maximum Gasteiger partial charge on any atom is 0.371 e. The first kappa shape index (κ1) is 114. The first-order valence-corrected chi connectivity index (χ1v) is 50.7. The van der Waals surface area contributed by atoms with Crippen molar-refractivity contribution >= 4 is 112 Å². The van der Waals surface area contributed by atoms with Crippen LogP contribution in [0.15, 0.2) is 105 Å². The zero-order valence-corrected chi connectivity index (χ0v) is 84.3. The van der Waals surface area contributed by atoms with Crippen LogP contribution in [0, 0.1) is 5.92 Å². The second-order valence-electron chi connectivity index (χ2n) is 37.4. The van der Waals surface area contributed by atoms with E-state index in [4.69, 9.17) is 61.8 Å². The fraction of sp³-hybridized carbons (Fsp3) is 0.475. The van der Waals surface area contributed by atoms with Gasteiger partial charge in [0.15, 0.2) is 40.8 Å². The lowest BCUT2D eigenvalue weighted by molar-refractivity contribution is -0.334. The van der Waals surface area contributed by atoms with E-state index in [-0.39, 0.29) is 69.3 Å². The van der Waals surface area contributed by atoms with Gasteiger partial charge < -0.3 is 167 Å². The number of primary amides is 1. The number of benzene rings is 6. The number of likely N-dealkylation sites (N-methyl/N-ethyl adjacent to an activating group) is 1. The Morgan fingerprint density at radius 2 is 1.27 bits per heavy atom. The van der Waals surface area contributed by atoms with Crippen molar-refractivity contribution in [2.75, 3.05) is 39.6 Å². The minimum Gasteiger partial charge on any atom is -0.507 e. The molecule has 148 heavy (non-hydrogen) atoms. The Bertz CT molecular complexity index is 6490. The van der Waals surface area contributed by atoms with Crippen LogP contribution in [0.2, 0.25) is 10.0 Å². The second-order valence-corrected chi connectivity index (χ2v) is 39.8.